The molecule has 12 atom stereocenters. The molecule has 3 aromatic rings. The van der Waals surface area contributed by atoms with E-state index in [1.54, 1.807) is 28.0 Å². The number of aliphatic carboxylic acids is 1. The van der Waals surface area contributed by atoms with E-state index < -0.39 is 87.4 Å². The number of aromatic nitrogens is 1. The average Bonchev–Trinajstić information content (AvgIpc) is 1.44. The molecule has 24 heteroatoms. The standard InChI is InChI=1S/C60H82N8O14S2/c1-8-56(78)28-37-29-58(33-81-34-69,48-39(15-20-67(31-37)32-56)38-13-10-11-14-42(38)62-48)41-26-40-44(27-46(41)80-7)66(6)52-59(40)18-21-68-19-12-17-57(9-2,51(59)68)53(75)60(52,79)54(76)64-65-55(77)82-22-24-84-83-23-16-47(71)61-30-43(50(73)74)63-49(72)36(5)25-45(70)35(3)4/h10-14,17,26-27,34-37,43,51-53,62,75,78-79H,8-9,15-16,18-25,28-33H2,1-7H3,(H,61,71)(H,63,72)(H,64,76)(H,65,77)(H,73,74)/t36-,37-,43+,51+,52-,53-,56+,57-,58+,59-,60+/m1/s1. The first kappa shape index (κ1) is 62.6. The van der Waals surface area contributed by atoms with Gasteiger partial charge in [-0.1, -0.05) is 86.6 Å². The zero-order chi connectivity index (χ0) is 60.5. The largest absolute Gasteiger partial charge is 0.496 e. The number of piperidine rings is 1. The molecule has 6 heterocycles. The van der Waals surface area contributed by atoms with Crippen LogP contribution in [-0.2, 0) is 55.5 Å². The van der Waals surface area contributed by atoms with Gasteiger partial charge in [-0.2, -0.15) is 0 Å². The number of likely N-dealkylation sites (N-methyl/N-ethyl adjacent to an activating group) is 1. The van der Waals surface area contributed by atoms with Crippen molar-refractivity contribution in [2.75, 3.05) is 83.0 Å². The minimum absolute atomic E-state index is 0.0258. The van der Waals surface area contributed by atoms with E-state index in [-0.39, 0.29) is 56.0 Å². The van der Waals surface area contributed by atoms with Gasteiger partial charge in [-0.15, -0.1) is 0 Å². The van der Waals surface area contributed by atoms with Gasteiger partial charge in [-0.25, -0.2) is 15.0 Å². The molecule has 22 nitrogen and oxygen atoms in total. The highest BCUT2D eigenvalue weighted by Crippen LogP contribution is 2.67. The lowest BCUT2D eigenvalue weighted by atomic mass is 9.47. The number of fused-ring (bicyclic) bond motifs is 6. The van der Waals surface area contributed by atoms with Gasteiger partial charge in [0, 0.05) is 127 Å². The molecular weight excluding hydrogens is 1120 g/mol. The van der Waals surface area contributed by atoms with Gasteiger partial charge in [0.2, 0.25) is 11.8 Å². The second-order valence-corrected chi connectivity index (χ2v) is 27.0. The number of carboxylic acid groups (broad SMARTS) is 1. The number of Topliss-reactive ketones (excluding diaryl/α,β-unsaturated/α-hetero) is 1. The van der Waals surface area contributed by atoms with Crippen LogP contribution in [0.5, 0.6) is 5.75 Å². The number of carboxylic acids is 1. The Kier molecular flexibility index (Phi) is 18.8. The fourth-order valence-electron chi connectivity index (χ4n) is 15.2. The van der Waals surface area contributed by atoms with Gasteiger partial charge in [0.1, 0.15) is 36.9 Å². The number of carbonyl (C=O) groups excluding carboxylic acids is 6. The summed E-state index contributed by atoms with van der Waals surface area (Å²) in [7, 11) is 6.02. The number of aliphatic hydroxyl groups is 3. The number of ketones is 1. The molecule has 1 aliphatic carbocycles. The number of para-hydroxylation sites is 1. The van der Waals surface area contributed by atoms with Crippen LogP contribution in [0.4, 0.5) is 10.5 Å². The Balaban J connectivity index is 0.930. The molecule has 1 aromatic heterocycles. The van der Waals surface area contributed by atoms with E-state index in [4.69, 9.17) is 14.2 Å². The van der Waals surface area contributed by atoms with Gasteiger partial charge in [-0.05, 0) is 74.2 Å². The van der Waals surface area contributed by atoms with Crippen LogP contribution in [0, 0.1) is 23.2 Å². The monoisotopic (exact) mass is 1200 g/mol. The number of nitrogens with zero attached hydrogens (tertiary/aromatic N) is 3. The van der Waals surface area contributed by atoms with Crippen molar-refractivity contribution >= 4 is 80.2 Å². The highest BCUT2D eigenvalue weighted by molar-refractivity contribution is 8.76. The van der Waals surface area contributed by atoms with E-state index >= 15 is 4.79 Å². The third-order valence-electron chi connectivity index (χ3n) is 19.1. The van der Waals surface area contributed by atoms with Gasteiger partial charge in [0.15, 0.2) is 5.60 Å². The predicted molar refractivity (Wildman–Crippen MR) is 317 cm³/mol. The molecule has 5 aliphatic heterocycles. The van der Waals surface area contributed by atoms with Crippen molar-refractivity contribution in [1.82, 2.24) is 36.3 Å². The second kappa shape index (κ2) is 25.2. The van der Waals surface area contributed by atoms with E-state index in [0.717, 1.165) is 39.8 Å². The first-order valence-electron chi connectivity index (χ1n) is 29.3. The molecule has 1 unspecified atom stereocenters. The summed E-state index contributed by atoms with van der Waals surface area (Å²) in [5.74, 6) is -3.50. The van der Waals surface area contributed by atoms with Gasteiger partial charge >= 0.3 is 12.1 Å². The molecule has 1 saturated carbocycles. The number of H-pyrrole nitrogens is 1. The van der Waals surface area contributed by atoms with Crippen molar-refractivity contribution in [1.29, 1.82) is 0 Å². The van der Waals surface area contributed by atoms with Crippen LogP contribution in [0.15, 0.2) is 48.6 Å². The molecule has 2 saturated heterocycles. The predicted octanol–water partition coefficient (Wildman–Crippen LogP) is 3.71. The molecule has 9 N–H and O–H groups in total. The molecule has 9 rings (SSSR count). The normalized spacial score (nSPS) is 30.0. The number of hydrazine groups is 1. The molecule has 0 radical (unpaired) electrons. The smallest absolute Gasteiger partial charge is 0.426 e. The lowest BCUT2D eigenvalue weighted by Crippen LogP contribution is -2.82. The molecule has 84 heavy (non-hydrogen) atoms. The minimum atomic E-state index is -2.57. The first-order valence-corrected chi connectivity index (χ1v) is 31.7. The maximum Gasteiger partial charge on any atom is 0.426 e. The van der Waals surface area contributed by atoms with Gasteiger partial charge in [0.05, 0.1) is 24.2 Å². The zero-order valence-electron chi connectivity index (χ0n) is 49.0. The van der Waals surface area contributed by atoms with Crippen molar-refractivity contribution in [2.45, 2.75) is 132 Å². The number of ether oxygens (including phenoxy) is 3. The van der Waals surface area contributed by atoms with Crippen LogP contribution < -0.4 is 31.1 Å². The Morgan fingerprint density at radius 2 is 1.73 bits per heavy atom. The molecule has 1 spiro atoms. The number of benzene rings is 2. The molecule has 458 valence electrons. The number of hydrogen-bond acceptors (Lipinski definition) is 18. The van der Waals surface area contributed by atoms with Gasteiger partial charge in [-0.3, -0.25) is 39.2 Å². The maximum atomic E-state index is 15.1. The number of anilines is 1. The summed E-state index contributed by atoms with van der Waals surface area (Å²) in [4.78, 5) is 100. The Hall–Kier alpha value is -5.89. The molecular formula is C60H82N8O14S2. The van der Waals surface area contributed by atoms with Crippen LogP contribution in [-0.4, -0.2) is 191 Å². The quantitative estimate of drug-likeness (QED) is 0.0215. The number of aromatic amines is 1. The average molecular weight is 1200 g/mol. The summed E-state index contributed by atoms with van der Waals surface area (Å²) >= 11 is 0. The number of amides is 4. The fraction of sp³-hybridized carbons (Fsp3) is 0.617. The van der Waals surface area contributed by atoms with Crippen LogP contribution >= 0.6 is 21.6 Å². The molecule has 4 amide bonds. The Bertz CT molecular complexity index is 3040. The van der Waals surface area contributed by atoms with Crippen LogP contribution in [0.2, 0.25) is 0 Å². The number of aliphatic hydroxyl groups excluding tert-OH is 1. The van der Waals surface area contributed by atoms with E-state index in [0.29, 0.717) is 88.4 Å². The van der Waals surface area contributed by atoms with E-state index in [9.17, 15) is 49.2 Å². The minimum Gasteiger partial charge on any atom is -0.496 e. The highest BCUT2D eigenvalue weighted by Gasteiger charge is 2.79. The molecule has 6 aliphatic rings. The lowest BCUT2D eigenvalue weighted by molar-refractivity contribution is -0.204. The second-order valence-electron chi connectivity index (χ2n) is 24.3. The van der Waals surface area contributed by atoms with Crippen LogP contribution in [0.25, 0.3) is 10.9 Å². The SMILES string of the molecule is CC[C@]1(O)C[C@H]2CN(CCc3c([nH]c4ccccc34)[C@@](COC=O)(c3cc4c(cc3OC)N(C)[C@H]3[C@@](O)(C(=O)NNC(=O)OCCSSCCC(=O)NC[C@H](NC(=O)[C@H](C)CC(=O)C(C)C)C(=O)O)[C@H](O)[C@]5(CC)C=CCN6CC[C@]43[C@@H]65)C2)C1. The summed E-state index contributed by atoms with van der Waals surface area (Å²) in [6.07, 6.45) is 4.27. The number of carbonyl (C=O) groups is 7. The summed E-state index contributed by atoms with van der Waals surface area (Å²) in [5.41, 5.74) is 3.10. The van der Waals surface area contributed by atoms with Crippen molar-refractivity contribution < 1.29 is 68.2 Å². The van der Waals surface area contributed by atoms with Crippen LogP contribution in [0.1, 0.15) is 102 Å². The molecule has 2 aromatic carbocycles. The van der Waals surface area contributed by atoms with Gasteiger partial charge in [0.25, 0.3) is 12.4 Å². The van der Waals surface area contributed by atoms with Crippen molar-refractivity contribution in [3.05, 3.63) is 70.9 Å². The van der Waals surface area contributed by atoms with Crippen molar-refractivity contribution in [3.63, 3.8) is 0 Å². The van der Waals surface area contributed by atoms with E-state index in [1.807, 2.05) is 55.2 Å². The Morgan fingerprint density at radius 1 is 0.964 bits per heavy atom. The number of methoxy groups -OCH3 is 1. The number of hydrogen-bond donors (Lipinski definition) is 9. The summed E-state index contributed by atoms with van der Waals surface area (Å²) in [6.45, 7) is 12.0. The molecule has 3 fully saturated rings. The maximum absolute atomic E-state index is 15.1. The fourth-order valence-corrected chi connectivity index (χ4v) is 17.0. The Labute approximate surface area is 497 Å². The third kappa shape index (κ3) is 11.3. The summed E-state index contributed by atoms with van der Waals surface area (Å²) in [5, 5.41) is 54.1. The zero-order valence-corrected chi connectivity index (χ0v) is 50.6. The van der Waals surface area contributed by atoms with E-state index in [2.05, 4.69) is 48.4 Å². The Morgan fingerprint density at radius 3 is 2.44 bits per heavy atom. The lowest BCUT2D eigenvalue weighted by Gasteiger charge is -2.63. The van der Waals surface area contributed by atoms with Crippen LogP contribution in [0.3, 0.4) is 0 Å². The topological polar surface area (TPSA) is 302 Å². The summed E-state index contributed by atoms with van der Waals surface area (Å²) in [6, 6.07) is 9.33. The van der Waals surface area contributed by atoms with E-state index in [1.165, 1.54) is 28.5 Å². The number of rotatable bonds is 23. The summed E-state index contributed by atoms with van der Waals surface area (Å²) < 4.78 is 17.8. The number of nitrogens with one attached hydrogen (secondary N) is 5. The van der Waals surface area contributed by atoms with Crippen molar-refractivity contribution in [3.8, 4) is 5.75 Å². The first-order chi connectivity index (χ1) is 40.1. The molecule has 2 bridgehead atoms. The third-order valence-corrected chi connectivity index (χ3v) is 21.5. The van der Waals surface area contributed by atoms with Gasteiger partial charge < -0.3 is 55.2 Å². The van der Waals surface area contributed by atoms with Crippen molar-refractivity contribution in [2.24, 2.45) is 23.2 Å². The highest BCUT2D eigenvalue weighted by atomic mass is 33.1.